The number of rotatable bonds is 2. The number of carboxylic acid groups (broad SMARTS) is 1. The highest BCUT2D eigenvalue weighted by atomic mass is 32.2. The maximum Gasteiger partial charge on any atom is 0.341 e. The number of hydrogen-bond donors (Lipinski definition) is 1. The minimum atomic E-state index is -1.16. The van der Waals surface area contributed by atoms with E-state index in [1.165, 1.54) is 16.5 Å². The van der Waals surface area contributed by atoms with Gasteiger partial charge in [-0.05, 0) is 43.0 Å². The Hall–Kier alpha value is -2.31. The van der Waals surface area contributed by atoms with E-state index < -0.39 is 11.4 Å². The lowest BCUT2D eigenvalue weighted by Gasteiger charge is -2.18. The summed E-state index contributed by atoms with van der Waals surface area (Å²) in [6.07, 6.45) is 0.499. The Morgan fingerprint density at radius 3 is 2.69 bits per heavy atom. The van der Waals surface area contributed by atoms with Gasteiger partial charge < -0.3 is 9.67 Å². The smallest absolute Gasteiger partial charge is 0.341 e. The van der Waals surface area contributed by atoms with Crippen molar-refractivity contribution in [3.8, 4) is 5.69 Å². The average molecular weight is 383 g/mol. The Labute approximate surface area is 159 Å². The topological polar surface area (TPSA) is 59.3 Å². The van der Waals surface area contributed by atoms with Crippen LogP contribution in [0, 0.1) is 13.8 Å². The van der Waals surface area contributed by atoms with Gasteiger partial charge in [0.25, 0.3) is 0 Å². The molecule has 1 aromatic carbocycles. The highest BCUT2D eigenvalue weighted by molar-refractivity contribution is 7.99. The Balaban J connectivity index is 2.05. The zero-order valence-electron chi connectivity index (χ0n) is 14.4. The summed E-state index contributed by atoms with van der Waals surface area (Å²) in [5.74, 6) is -1.16. The van der Waals surface area contributed by atoms with E-state index in [9.17, 15) is 14.7 Å². The van der Waals surface area contributed by atoms with Gasteiger partial charge in [-0.1, -0.05) is 12.1 Å². The number of aromatic nitrogens is 1. The van der Waals surface area contributed by atoms with Gasteiger partial charge in [-0.2, -0.15) is 0 Å². The van der Waals surface area contributed by atoms with Crippen molar-refractivity contribution in [3.63, 3.8) is 0 Å². The van der Waals surface area contributed by atoms with E-state index in [2.05, 4.69) is 24.4 Å². The number of pyridine rings is 1. The number of thioether (sulfide) groups is 1. The molecule has 0 amide bonds. The number of aryl methyl sites for hydroxylation is 2. The van der Waals surface area contributed by atoms with Crippen molar-refractivity contribution < 1.29 is 9.90 Å². The molecule has 3 heterocycles. The Morgan fingerprint density at radius 2 is 2.00 bits per heavy atom. The number of hydrogen-bond acceptors (Lipinski definition) is 4. The molecule has 1 atom stereocenters. The van der Waals surface area contributed by atoms with E-state index >= 15 is 0 Å². The van der Waals surface area contributed by atoms with Crippen LogP contribution in [0.25, 0.3) is 5.69 Å². The number of nitrogens with zero attached hydrogens (tertiary/aromatic N) is 1. The van der Waals surface area contributed by atoms with Crippen LogP contribution in [0.15, 0.2) is 51.5 Å². The van der Waals surface area contributed by atoms with Crippen molar-refractivity contribution in [1.29, 1.82) is 0 Å². The van der Waals surface area contributed by atoms with Gasteiger partial charge in [0, 0.05) is 38.9 Å². The molecule has 132 valence electrons. The van der Waals surface area contributed by atoms with Crippen molar-refractivity contribution in [3.05, 3.63) is 79.4 Å². The van der Waals surface area contributed by atoms with Crippen LogP contribution in [0.3, 0.4) is 0 Å². The van der Waals surface area contributed by atoms with E-state index in [1.54, 1.807) is 23.1 Å². The molecule has 1 aliphatic heterocycles. The molecule has 0 saturated carbocycles. The van der Waals surface area contributed by atoms with Crippen molar-refractivity contribution in [1.82, 2.24) is 4.57 Å². The summed E-state index contributed by atoms with van der Waals surface area (Å²) in [7, 11) is 0. The quantitative estimate of drug-likeness (QED) is 0.702. The van der Waals surface area contributed by atoms with E-state index in [0.29, 0.717) is 12.1 Å². The molecule has 0 aliphatic carbocycles. The molecule has 4 nitrogen and oxygen atoms in total. The predicted molar refractivity (Wildman–Crippen MR) is 105 cm³/mol. The Morgan fingerprint density at radius 1 is 1.23 bits per heavy atom. The molecule has 0 spiro atoms. The van der Waals surface area contributed by atoms with Gasteiger partial charge in [0.05, 0.1) is 5.69 Å². The average Bonchev–Trinajstić information content (AvgIpc) is 2.92. The summed E-state index contributed by atoms with van der Waals surface area (Å²) in [6.45, 7) is 3.93. The van der Waals surface area contributed by atoms with Gasteiger partial charge in [0.1, 0.15) is 5.56 Å². The summed E-state index contributed by atoms with van der Waals surface area (Å²) >= 11 is 3.42. The molecule has 3 aromatic rings. The third-order valence-electron chi connectivity index (χ3n) is 4.66. The normalized spacial score (nSPS) is 15.8. The summed E-state index contributed by atoms with van der Waals surface area (Å²) in [4.78, 5) is 26.6. The first-order valence-corrected chi connectivity index (χ1v) is 10.0. The molecule has 1 unspecified atom stereocenters. The number of fused-ring (bicyclic) bond motifs is 3. The second kappa shape index (κ2) is 6.45. The first-order chi connectivity index (χ1) is 12.5. The van der Waals surface area contributed by atoms with Crippen molar-refractivity contribution in [2.24, 2.45) is 0 Å². The lowest BCUT2D eigenvalue weighted by molar-refractivity contribution is 0.0693. The monoisotopic (exact) mass is 383 g/mol. The zero-order chi connectivity index (χ0) is 18.4. The van der Waals surface area contributed by atoms with Gasteiger partial charge in [-0.15, -0.1) is 23.1 Å². The third kappa shape index (κ3) is 2.70. The molecule has 2 aromatic heterocycles. The van der Waals surface area contributed by atoms with Gasteiger partial charge in [0.15, 0.2) is 5.43 Å². The van der Waals surface area contributed by atoms with Crippen LogP contribution in [-0.2, 0) is 6.42 Å². The van der Waals surface area contributed by atoms with Gasteiger partial charge in [-0.3, -0.25) is 4.79 Å². The Bertz CT molecular complexity index is 1080. The number of carboxylic acids is 1. The van der Waals surface area contributed by atoms with E-state index in [-0.39, 0.29) is 10.8 Å². The van der Waals surface area contributed by atoms with Crippen molar-refractivity contribution in [2.45, 2.75) is 30.4 Å². The second-order valence-corrected chi connectivity index (χ2v) is 8.55. The molecule has 0 fully saturated rings. The number of aromatic carboxylic acids is 1. The third-order valence-corrected chi connectivity index (χ3v) is 7.23. The molecule has 0 saturated heterocycles. The first kappa shape index (κ1) is 17.1. The van der Waals surface area contributed by atoms with Gasteiger partial charge in [0.2, 0.25) is 0 Å². The standard InChI is InChI=1S/C20H17NO3S2/c1-11-7-8-25-19(11)17-10-14-18(20(23)24)15(22)9-12(2)21(14)13-5-3-4-6-16(13)26-17/h3-9,17H,10H2,1-2H3,(H,23,24). The molecule has 0 radical (unpaired) electrons. The van der Waals surface area contributed by atoms with Crippen LogP contribution in [0.5, 0.6) is 0 Å². The van der Waals surface area contributed by atoms with Crippen molar-refractivity contribution >= 4 is 29.1 Å². The lowest BCUT2D eigenvalue weighted by Crippen LogP contribution is -2.24. The molecular weight excluding hydrogens is 366 g/mol. The maximum absolute atomic E-state index is 12.4. The zero-order valence-corrected chi connectivity index (χ0v) is 16.0. The van der Waals surface area contributed by atoms with Crippen LogP contribution in [0.1, 0.15) is 37.4 Å². The SMILES string of the molecule is Cc1ccsc1C1Cc2c(C(=O)O)c(=O)cc(C)n2-c2ccccc2S1. The lowest BCUT2D eigenvalue weighted by atomic mass is 10.0. The number of thiophene rings is 1. The molecule has 26 heavy (non-hydrogen) atoms. The van der Waals surface area contributed by atoms with Gasteiger partial charge >= 0.3 is 5.97 Å². The second-order valence-electron chi connectivity index (χ2n) is 6.36. The summed E-state index contributed by atoms with van der Waals surface area (Å²) in [6, 6.07) is 11.5. The number of benzene rings is 1. The highest BCUT2D eigenvalue weighted by Gasteiger charge is 2.29. The molecule has 1 aliphatic rings. The van der Waals surface area contributed by atoms with Gasteiger partial charge in [-0.25, -0.2) is 4.79 Å². The van der Waals surface area contributed by atoms with Crippen LogP contribution in [0.2, 0.25) is 0 Å². The highest BCUT2D eigenvalue weighted by Crippen LogP contribution is 2.46. The fraction of sp³-hybridized carbons (Fsp3) is 0.200. The molecule has 6 heteroatoms. The Kier molecular flexibility index (Phi) is 4.25. The van der Waals surface area contributed by atoms with Crippen LogP contribution < -0.4 is 5.43 Å². The maximum atomic E-state index is 12.4. The van der Waals surface area contributed by atoms with E-state index in [1.807, 2.05) is 29.7 Å². The largest absolute Gasteiger partial charge is 0.477 e. The molecule has 0 bridgehead atoms. The summed E-state index contributed by atoms with van der Waals surface area (Å²) < 4.78 is 1.94. The van der Waals surface area contributed by atoms with E-state index in [4.69, 9.17) is 0 Å². The predicted octanol–water partition coefficient (Wildman–Crippen LogP) is 4.60. The molecule has 4 rings (SSSR count). The number of carbonyl (C=O) groups is 1. The molecular formula is C20H17NO3S2. The van der Waals surface area contributed by atoms with Crippen LogP contribution in [0.4, 0.5) is 0 Å². The minimum absolute atomic E-state index is 0.0733. The van der Waals surface area contributed by atoms with E-state index in [0.717, 1.165) is 16.3 Å². The fourth-order valence-corrected chi connectivity index (χ4v) is 6.02. The molecule has 1 N–H and O–H groups in total. The summed E-state index contributed by atoms with van der Waals surface area (Å²) in [5.41, 5.74) is 2.93. The summed E-state index contributed by atoms with van der Waals surface area (Å²) in [5, 5.41) is 11.8. The fourth-order valence-electron chi connectivity index (χ4n) is 3.52. The number of para-hydroxylation sites is 1. The minimum Gasteiger partial charge on any atom is -0.477 e. The van der Waals surface area contributed by atoms with Crippen molar-refractivity contribution in [2.75, 3.05) is 0 Å². The van der Waals surface area contributed by atoms with Crippen LogP contribution in [-0.4, -0.2) is 15.6 Å². The van der Waals surface area contributed by atoms with Crippen LogP contribution >= 0.6 is 23.1 Å². The first-order valence-electron chi connectivity index (χ1n) is 8.26.